The lowest BCUT2D eigenvalue weighted by molar-refractivity contribution is -0.136. The Balaban J connectivity index is 1.55. The predicted molar refractivity (Wildman–Crippen MR) is 125 cm³/mol. The molecule has 2 N–H and O–H groups in total. The minimum Gasteiger partial charge on any atom is -0.466 e. The van der Waals surface area contributed by atoms with Crippen molar-refractivity contribution in [3.63, 3.8) is 0 Å². The molecule has 1 unspecified atom stereocenters. The number of carbonyl (C=O) groups is 2. The normalized spacial score (nSPS) is 19.4. The van der Waals surface area contributed by atoms with Gasteiger partial charge in [0.05, 0.1) is 29.4 Å². The van der Waals surface area contributed by atoms with Crippen LogP contribution in [0.25, 0.3) is 0 Å². The summed E-state index contributed by atoms with van der Waals surface area (Å²) in [7, 11) is 1.33. The van der Waals surface area contributed by atoms with Gasteiger partial charge in [-0.2, -0.15) is 0 Å². The molecule has 1 fully saturated rings. The van der Waals surface area contributed by atoms with E-state index in [1.165, 1.54) is 7.11 Å². The largest absolute Gasteiger partial charge is 0.466 e. The first-order chi connectivity index (χ1) is 15.5. The summed E-state index contributed by atoms with van der Waals surface area (Å²) in [5.41, 5.74) is 2.65. The molecule has 2 heterocycles. The van der Waals surface area contributed by atoms with Gasteiger partial charge < -0.3 is 20.3 Å². The van der Waals surface area contributed by atoms with Crippen LogP contribution in [-0.2, 0) is 9.53 Å². The zero-order valence-corrected chi connectivity index (χ0v) is 19.1. The van der Waals surface area contributed by atoms with Crippen LogP contribution in [0, 0.1) is 0 Å². The first-order valence-electron chi connectivity index (χ1n) is 10.3. The van der Waals surface area contributed by atoms with Gasteiger partial charge >= 0.3 is 12.0 Å². The molecule has 9 heteroatoms. The topological polar surface area (TPSA) is 73.9 Å². The van der Waals surface area contributed by atoms with Crippen LogP contribution in [0.3, 0.4) is 0 Å². The standard InChI is InChI=1S/C23H24Cl2N4O3/c1-32-22(30)20-18(26-23(31)27-21(20)15-5-4-6-16(24)13-15)14-28-9-11-29(12-10-28)19-8-3-2-7-17(19)25/h2-8,13,21H,9-12,14H2,1H3,(H2,26,27,31). The third-order valence-electron chi connectivity index (χ3n) is 5.69. The van der Waals surface area contributed by atoms with Crippen LogP contribution in [0.15, 0.2) is 59.8 Å². The molecule has 0 spiro atoms. The molecule has 0 radical (unpaired) electrons. The Kier molecular flexibility index (Phi) is 6.89. The van der Waals surface area contributed by atoms with Gasteiger partial charge in [-0.3, -0.25) is 4.90 Å². The summed E-state index contributed by atoms with van der Waals surface area (Å²) in [4.78, 5) is 29.6. The number of piperazine rings is 1. The maximum atomic E-state index is 12.7. The Morgan fingerprint density at radius 1 is 1.09 bits per heavy atom. The number of benzene rings is 2. The van der Waals surface area contributed by atoms with Crippen molar-refractivity contribution in [2.45, 2.75) is 6.04 Å². The van der Waals surface area contributed by atoms with Gasteiger partial charge in [-0.05, 0) is 29.8 Å². The number of nitrogens with zero attached hydrogens (tertiary/aromatic N) is 2. The second-order valence-electron chi connectivity index (χ2n) is 7.68. The number of rotatable bonds is 5. The Labute approximate surface area is 196 Å². The number of urea groups is 1. The third kappa shape index (κ3) is 4.85. The van der Waals surface area contributed by atoms with E-state index in [-0.39, 0.29) is 6.03 Å². The second kappa shape index (κ2) is 9.81. The highest BCUT2D eigenvalue weighted by atomic mass is 35.5. The smallest absolute Gasteiger partial charge is 0.338 e. The lowest BCUT2D eigenvalue weighted by Gasteiger charge is -2.38. The first-order valence-corrected chi connectivity index (χ1v) is 11.1. The fourth-order valence-electron chi connectivity index (χ4n) is 4.11. The summed E-state index contributed by atoms with van der Waals surface area (Å²) < 4.78 is 5.05. The van der Waals surface area contributed by atoms with Crippen molar-refractivity contribution >= 4 is 40.9 Å². The van der Waals surface area contributed by atoms with Crippen molar-refractivity contribution < 1.29 is 14.3 Å². The van der Waals surface area contributed by atoms with E-state index in [1.807, 2.05) is 30.3 Å². The zero-order chi connectivity index (χ0) is 22.7. The molecule has 2 aromatic rings. The Morgan fingerprint density at radius 2 is 1.84 bits per heavy atom. The lowest BCUT2D eigenvalue weighted by atomic mass is 9.95. The number of nitrogens with one attached hydrogen (secondary N) is 2. The number of esters is 1. The number of halogens is 2. The second-order valence-corrected chi connectivity index (χ2v) is 8.53. The van der Waals surface area contributed by atoms with Crippen LogP contribution in [0.2, 0.25) is 10.0 Å². The SMILES string of the molecule is COC(=O)C1=C(CN2CCN(c3ccccc3Cl)CC2)NC(=O)NC1c1cccc(Cl)c1. The quantitative estimate of drug-likeness (QED) is 0.647. The number of para-hydroxylation sites is 1. The van der Waals surface area contributed by atoms with E-state index in [0.29, 0.717) is 28.4 Å². The molecular formula is C23H24Cl2N4O3. The van der Waals surface area contributed by atoms with Crippen LogP contribution in [0.1, 0.15) is 11.6 Å². The highest BCUT2D eigenvalue weighted by Gasteiger charge is 2.34. The Morgan fingerprint density at radius 3 is 2.53 bits per heavy atom. The van der Waals surface area contributed by atoms with E-state index >= 15 is 0 Å². The van der Waals surface area contributed by atoms with E-state index in [2.05, 4.69) is 20.4 Å². The first kappa shape index (κ1) is 22.5. The van der Waals surface area contributed by atoms with E-state index in [1.54, 1.807) is 18.2 Å². The molecule has 1 atom stereocenters. The van der Waals surface area contributed by atoms with Gasteiger partial charge in [0.25, 0.3) is 0 Å². The average Bonchev–Trinajstić information content (AvgIpc) is 2.79. The molecule has 1 saturated heterocycles. The summed E-state index contributed by atoms with van der Waals surface area (Å²) >= 11 is 12.5. The Hall–Kier alpha value is -2.74. The molecule has 168 valence electrons. The van der Waals surface area contributed by atoms with Crippen molar-refractivity contribution in [3.05, 3.63) is 75.4 Å². The van der Waals surface area contributed by atoms with Crippen LogP contribution < -0.4 is 15.5 Å². The lowest BCUT2D eigenvalue weighted by Crippen LogP contribution is -2.51. The van der Waals surface area contributed by atoms with Gasteiger partial charge in [0.1, 0.15) is 0 Å². The number of ether oxygens (including phenoxy) is 1. The highest BCUT2D eigenvalue weighted by Crippen LogP contribution is 2.30. The van der Waals surface area contributed by atoms with E-state index in [4.69, 9.17) is 27.9 Å². The number of methoxy groups -OCH3 is 1. The number of hydrogen-bond acceptors (Lipinski definition) is 5. The molecule has 0 saturated carbocycles. The minimum absolute atomic E-state index is 0.368. The van der Waals surface area contributed by atoms with Crippen LogP contribution >= 0.6 is 23.2 Å². The highest BCUT2D eigenvalue weighted by molar-refractivity contribution is 6.33. The van der Waals surface area contributed by atoms with Gasteiger partial charge in [0.2, 0.25) is 0 Å². The molecule has 0 aromatic heterocycles. The number of amides is 2. The van der Waals surface area contributed by atoms with Gasteiger partial charge in [0.15, 0.2) is 0 Å². The third-order valence-corrected chi connectivity index (χ3v) is 6.24. The van der Waals surface area contributed by atoms with Gasteiger partial charge in [-0.1, -0.05) is 47.5 Å². The zero-order valence-electron chi connectivity index (χ0n) is 17.6. The van der Waals surface area contributed by atoms with Gasteiger partial charge in [-0.25, -0.2) is 9.59 Å². The molecule has 4 rings (SSSR count). The maximum Gasteiger partial charge on any atom is 0.338 e. The average molecular weight is 475 g/mol. The Bertz CT molecular complexity index is 1050. The molecule has 2 amide bonds. The van der Waals surface area contributed by atoms with Crippen LogP contribution in [0.4, 0.5) is 10.5 Å². The van der Waals surface area contributed by atoms with Crippen molar-refractivity contribution in [2.75, 3.05) is 44.7 Å². The summed E-state index contributed by atoms with van der Waals surface area (Å²) in [6, 6.07) is 13.9. The molecule has 2 aliphatic rings. The number of hydrogen-bond donors (Lipinski definition) is 2. The predicted octanol–water partition coefficient (Wildman–Crippen LogP) is 3.60. The monoisotopic (exact) mass is 474 g/mol. The molecular weight excluding hydrogens is 451 g/mol. The van der Waals surface area contributed by atoms with Gasteiger partial charge in [-0.15, -0.1) is 0 Å². The molecule has 0 bridgehead atoms. The van der Waals surface area contributed by atoms with Crippen molar-refractivity contribution in [1.82, 2.24) is 15.5 Å². The van der Waals surface area contributed by atoms with Gasteiger partial charge in [0, 0.05) is 43.4 Å². The summed E-state index contributed by atoms with van der Waals surface area (Å²) in [5, 5.41) is 6.89. The van der Waals surface area contributed by atoms with Crippen LogP contribution in [-0.4, -0.2) is 56.7 Å². The van der Waals surface area contributed by atoms with E-state index in [9.17, 15) is 9.59 Å². The summed E-state index contributed by atoms with van der Waals surface area (Å²) in [5.74, 6) is -0.493. The fraction of sp³-hybridized carbons (Fsp3) is 0.304. The maximum absolute atomic E-state index is 12.7. The summed E-state index contributed by atoms with van der Waals surface area (Å²) in [6.07, 6.45) is 0. The van der Waals surface area contributed by atoms with E-state index in [0.717, 1.165) is 36.9 Å². The molecule has 7 nitrogen and oxygen atoms in total. The number of carbonyl (C=O) groups excluding carboxylic acids is 2. The van der Waals surface area contributed by atoms with E-state index < -0.39 is 12.0 Å². The molecule has 2 aliphatic heterocycles. The van der Waals surface area contributed by atoms with Crippen molar-refractivity contribution in [3.8, 4) is 0 Å². The van der Waals surface area contributed by atoms with Crippen molar-refractivity contribution in [1.29, 1.82) is 0 Å². The molecule has 0 aliphatic carbocycles. The number of anilines is 1. The van der Waals surface area contributed by atoms with Crippen molar-refractivity contribution in [2.24, 2.45) is 0 Å². The molecule has 2 aromatic carbocycles. The molecule has 32 heavy (non-hydrogen) atoms. The van der Waals surface area contributed by atoms with Crippen LogP contribution in [0.5, 0.6) is 0 Å². The minimum atomic E-state index is -0.644. The summed E-state index contributed by atoms with van der Waals surface area (Å²) in [6.45, 7) is 3.51. The fourth-order valence-corrected chi connectivity index (χ4v) is 4.56.